The Morgan fingerprint density at radius 1 is 0.685 bits per heavy atom. The molecule has 2 N–H and O–H groups in total. The molecule has 2 aromatic carbocycles. The minimum Gasteiger partial charge on any atom is -0.698 e. The fourth-order valence-electron chi connectivity index (χ4n) is 8.68. The topological polar surface area (TPSA) is 67.1 Å². The van der Waals surface area contributed by atoms with Crippen LogP contribution < -0.4 is 24.3 Å². The van der Waals surface area contributed by atoms with Crippen LogP contribution in [0, 0.1) is 44.1 Å². The van der Waals surface area contributed by atoms with Crippen molar-refractivity contribution in [1.82, 2.24) is 0 Å². The van der Waals surface area contributed by atoms with Crippen molar-refractivity contribution < 1.29 is 58.0 Å². The van der Waals surface area contributed by atoms with Gasteiger partial charge in [0.15, 0.2) is 25.5 Å². The summed E-state index contributed by atoms with van der Waals surface area (Å²) >= 11 is 0. The predicted octanol–water partition coefficient (Wildman–Crippen LogP) is 8.72. The van der Waals surface area contributed by atoms with E-state index in [-0.39, 0.29) is 50.0 Å². The van der Waals surface area contributed by atoms with Crippen molar-refractivity contribution >= 4 is 74.5 Å². The molecule has 0 fully saturated rings. The van der Waals surface area contributed by atoms with Gasteiger partial charge in [0.2, 0.25) is 17.3 Å². The molecule has 0 saturated carbocycles. The normalized spacial score (nSPS) is 15.9. The first-order valence-electron chi connectivity index (χ1n) is 19.5. The molecule has 7 nitrogen and oxygen atoms in total. The van der Waals surface area contributed by atoms with Crippen molar-refractivity contribution in [2.45, 2.75) is 71.4 Å². The molecular formula is C44H51AcN6OS2+. The average molecular weight is 971 g/mol. The third-order valence-electron chi connectivity index (χ3n) is 11.0. The molecule has 2 aromatic heterocycles. The number of amides is 1. The zero-order valence-corrected chi connectivity index (χ0v) is 37.9. The van der Waals surface area contributed by atoms with Gasteiger partial charge in [0.25, 0.3) is 0 Å². The van der Waals surface area contributed by atoms with E-state index in [1.54, 1.807) is 6.92 Å². The number of hydrogen-bond acceptors (Lipinski definition) is 5. The van der Waals surface area contributed by atoms with E-state index in [2.05, 4.69) is 91.3 Å². The van der Waals surface area contributed by atoms with E-state index in [1.165, 1.54) is 109 Å². The van der Waals surface area contributed by atoms with Crippen LogP contribution in [0.15, 0.2) is 60.9 Å². The Labute approximate surface area is 364 Å². The van der Waals surface area contributed by atoms with Crippen molar-refractivity contribution in [1.29, 1.82) is 0 Å². The zero-order valence-electron chi connectivity index (χ0n) is 31.5. The van der Waals surface area contributed by atoms with E-state index in [0.29, 0.717) is 5.69 Å². The number of carbonyl (C=O) groups excluding carboxylic acids is 1. The number of pyridine rings is 2. The predicted molar refractivity (Wildman–Crippen MR) is 225 cm³/mol. The Kier molecular flexibility index (Phi) is 13.5. The van der Waals surface area contributed by atoms with Gasteiger partial charge in [-0.25, -0.2) is 0 Å². The largest absolute Gasteiger partial charge is 0.698 e. The Balaban J connectivity index is 0.00000450. The second-order valence-electron chi connectivity index (χ2n) is 14.8. The minimum absolute atomic E-state index is 0. The molecule has 54 heavy (non-hydrogen) atoms. The van der Waals surface area contributed by atoms with E-state index >= 15 is 0 Å². The fourth-order valence-corrected chi connectivity index (χ4v) is 10.6. The molecule has 0 spiro atoms. The molecule has 8 rings (SSSR count). The summed E-state index contributed by atoms with van der Waals surface area (Å²) in [6.45, 7) is 8.08. The van der Waals surface area contributed by atoms with Crippen LogP contribution in [-0.2, 0) is 43.6 Å². The van der Waals surface area contributed by atoms with Gasteiger partial charge in [0, 0.05) is 113 Å². The van der Waals surface area contributed by atoms with Crippen LogP contribution in [0.1, 0.15) is 77.4 Å². The summed E-state index contributed by atoms with van der Waals surface area (Å²) in [5, 5.41) is 2.97. The Hall–Kier alpha value is -2.77. The summed E-state index contributed by atoms with van der Waals surface area (Å²) < 4.78 is 4.56. The first-order chi connectivity index (χ1) is 26.0. The second kappa shape index (κ2) is 18.5. The van der Waals surface area contributed by atoms with E-state index in [0.717, 1.165) is 54.5 Å². The van der Waals surface area contributed by atoms with Gasteiger partial charge in [0.1, 0.15) is 0 Å². The van der Waals surface area contributed by atoms with Crippen molar-refractivity contribution in [2.24, 2.45) is 0 Å². The Morgan fingerprint density at radius 3 is 1.59 bits per heavy atom. The number of nitrogens with one attached hydrogen (secondary N) is 2. The van der Waals surface area contributed by atoms with Gasteiger partial charge in [-0.1, -0.05) is 21.6 Å². The molecule has 0 aliphatic carbocycles. The number of rotatable bonds is 12. The molecule has 1 radical (unpaired) electrons. The molecule has 0 bridgehead atoms. The number of carbonyl (C=O) groups is 1. The maximum atomic E-state index is 11.9. The summed E-state index contributed by atoms with van der Waals surface area (Å²) in [5.41, 5.74) is 23.4. The van der Waals surface area contributed by atoms with Gasteiger partial charge in [-0.05, 0) is 133 Å². The molecule has 10 heteroatoms. The first kappa shape index (κ1) is 39.5. The molecule has 6 heterocycles. The van der Waals surface area contributed by atoms with Crippen LogP contribution in [0.2, 0.25) is 0 Å². The van der Waals surface area contributed by atoms with E-state index in [9.17, 15) is 4.79 Å². The number of anilines is 3. The average Bonchev–Trinajstić information content (AvgIpc) is 3.16. The maximum Gasteiger partial charge on any atom is 0.221 e. The van der Waals surface area contributed by atoms with E-state index in [4.69, 9.17) is 5.73 Å². The molecule has 4 aliphatic heterocycles. The Morgan fingerprint density at radius 2 is 1.13 bits per heavy atom. The number of benzene rings is 2. The molecule has 1 amide bonds. The monoisotopic (exact) mass is 970 g/mol. The summed E-state index contributed by atoms with van der Waals surface area (Å²) in [5.74, 6) is 1.88. The molecule has 4 aromatic rings. The van der Waals surface area contributed by atoms with Crippen LogP contribution in [-0.4, -0.2) is 43.6 Å². The molecule has 4 aliphatic rings. The van der Waals surface area contributed by atoms with Crippen LogP contribution in [0.4, 0.5) is 22.7 Å². The number of aryl methyl sites for hydroxylation is 6. The van der Waals surface area contributed by atoms with Crippen LogP contribution in [0.5, 0.6) is 0 Å². The molecule has 0 unspecified atom stereocenters. The molecule has 0 saturated heterocycles. The van der Waals surface area contributed by atoms with Gasteiger partial charge < -0.3 is 20.9 Å². The second-order valence-corrected chi connectivity index (χ2v) is 17.5. The van der Waals surface area contributed by atoms with Crippen molar-refractivity contribution in [3.63, 3.8) is 0 Å². The van der Waals surface area contributed by atoms with Crippen LogP contribution in [0.25, 0.3) is 30.0 Å². The van der Waals surface area contributed by atoms with Crippen molar-refractivity contribution in [3.05, 3.63) is 111 Å². The number of hydrogen-bond donors (Lipinski definition) is 1. The van der Waals surface area contributed by atoms with Gasteiger partial charge in [-0.3, -0.25) is 4.79 Å². The number of nitrogens with zero attached hydrogens (tertiary/aromatic N) is 4. The van der Waals surface area contributed by atoms with Crippen molar-refractivity contribution in [3.8, 4) is 0 Å². The molecular weight excluding hydrogens is 920 g/mol. The quantitative estimate of drug-likeness (QED) is 0.0875. The SMILES string of the molecule is CC(=O)Nc1cc[n+](CCSSCC[n+]2ccc([NH-])cc2/C=C/c2cc3c4c(c2)CCCN4CCC3)c(/C=C/c2cc3c4c(c2)CCCN4CCC3)c1.[Ac]. The molecule has 0 atom stereocenters. The maximum absolute atomic E-state index is 11.9. The van der Waals surface area contributed by atoms with Gasteiger partial charge in [-0.2, -0.15) is 9.13 Å². The standard InChI is InChI=1S/C44H50N6OS2.Ac/c1-32(51)46-40-15-21-48(42(31-40)13-11-34-28-37-8-4-18-50-19-5-9-38(29-34)44(37)50)23-25-53-52-24-22-47-20-14-39(45)30-41(47)12-10-33-26-35-6-2-16-49-17-3-7-36(27-33)43(35)49;/h10-15,20-21,26-31,45H,2-9,16-19,22-25H2,1H3;/p+1/b12-10+,13-11+;. The van der Waals surface area contributed by atoms with Gasteiger partial charge in [0.05, 0.1) is 17.2 Å². The third kappa shape index (κ3) is 9.43. The number of aromatic nitrogens is 2. The Bertz CT molecular complexity index is 2000. The summed E-state index contributed by atoms with van der Waals surface area (Å²) in [4.78, 5) is 17.0. The molecule has 277 valence electrons. The smallest absolute Gasteiger partial charge is 0.221 e. The van der Waals surface area contributed by atoms with Crippen LogP contribution >= 0.6 is 21.6 Å². The summed E-state index contributed by atoms with van der Waals surface area (Å²) in [6, 6.07) is 17.5. The minimum atomic E-state index is -0.0588. The van der Waals surface area contributed by atoms with E-state index < -0.39 is 0 Å². The zero-order chi connectivity index (χ0) is 36.1. The van der Waals surface area contributed by atoms with E-state index in [1.807, 2.05) is 39.8 Å². The first-order valence-corrected chi connectivity index (χ1v) is 21.9. The fraction of sp³-hybridized carbons (Fsp3) is 0.386. The summed E-state index contributed by atoms with van der Waals surface area (Å²) in [6.07, 6.45) is 22.7. The van der Waals surface area contributed by atoms with Crippen LogP contribution in [0.3, 0.4) is 0 Å². The third-order valence-corrected chi connectivity index (χ3v) is 13.3. The van der Waals surface area contributed by atoms with Gasteiger partial charge >= 0.3 is 0 Å². The van der Waals surface area contributed by atoms with Crippen molar-refractivity contribution in [2.75, 3.05) is 52.8 Å². The van der Waals surface area contributed by atoms with Gasteiger partial charge in [-0.15, -0.1) is 5.69 Å². The summed E-state index contributed by atoms with van der Waals surface area (Å²) in [7, 11) is 3.80.